The number of hydrogen-bond acceptors (Lipinski definition) is 2. The molecule has 0 aromatic heterocycles. The monoisotopic (exact) mass is 277 g/mol. The molecule has 0 aliphatic carbocycles. The lowest BCUT2D eigenvalue weighted by Gasteiger charge is -2.22. The number of carbonyl (C=O) groups is 2. The number of carboxylic acid groups (broad SMARTS) is 1. The van der Waals surface area contributed by atoms with Crippen molar-refractivity contribution in [3.05, 3.63) is 35.4 Å². The van der Waals surface area contributed by atoms with E-state index in [0.717, 1.165) is 12.0 Å². The first-order valence-corrected chi connectivity index (χ1v) is 6.85. The number of aryl methyl sites for hydroxylation is 1. The van der Waals surface area contributed by atoms with Gasteiger partial charge in [-0.05, 0) is 32.8 Å². The molecule has 0 aliphatic heterocycles. The van der Waals surface area contributed by atoms with Gasteiger partial charge in [-0.1, -0.05) is 36.8 Å². The van der Waals surface area contributed by atoms with Crippen molar-refractivity contribution in [3.8, 4) is 0 Å². The Bertz CT molecular complexity index is 477. The third kappa shape index (κ3) is 4.37. The number of amides is 1. The molecule has 0 spiro atoms. The summed E-state index contributed by atoms with van der Waals surface area (Å²) in [7, 11) is 0. The van der Waals surface area contributed by atoms with E-state index in [4.69, 9.17) is 5.11 Å². The van der Waals surface area contributed by atoms with Gasteiger partial charge >= 0.3 is 5.97 Å². The Kier molecular flexibility index (Phi) is 5.31. The molecular formula is C16H23NO3. The minimum Gasteiger partial charge on any atom is -0.481 e. The van der Waals surface area contributed by atoms with Crippen LogP contribution in [-0.2, 0) is 9.59 Å². The molecule has 1 rings (SSSR count). The van der Waals surface area contributed by atoms with Gasteiger partial charge in [0.05, 0.1) is 11.5 Å². The highest BCUT2D eigenvalue weighted by atomic mass is 16.4. The van der Waals surface area contributed by atoms with Crippen LogP contribution in [0.25, 0.3) is 0 Å². The Balaban J connectivity index is 2.72. The summed E-state index contributed by atoms with van der Waals surface area (Å²) >= 11 is 0. The minimum atomic E-state index is -1.05. The highest BCUT2D eigenvalue weighted by Crippen LogP contribution is 2.22. The lowest BCUT2D eigenvalue weighted by atomic mass is 9.89. The molecule has 2 N–H and O–H groups in total. The third-order valence-corrected chi connectivity index (χ3v) is 3.40. The summed E-state index contributed by atoms with van der Waals surface area (Å²) in [6, 6.07) is 7.92. The average Bonchev–Trinajstić information content (AvgIpc) is 2.36. The van der Waals surface area contributed by atoms with Crippen LogP contribution in [0.3, 0.4) is 0 Å². The van der Waals surface area contributed by atoms with E-state index in [1.54, 1.807) is 13.8 Å². The van der Waals surface area contributed by atoms with Gasteiger partial charge in [0.2, 0.25) is 5.91 Å². The molecule has 0 saturated carbocycles. The molecule has 0 bridgehead atoms. The largest absolute Gasteiger partial charge is 0.481 e. The predicted octanol–water partition coefficient (Wildman–Crippen LogP) is 3.06. The highest BCUT2D eigenvalue weighted by molar-refractivity contribution is 5.84. The molecule has 0 radical (unpaired) electrons. The number of benzene rings is 1. The van der Waals surface area contributed by atoms with E-state index in [9.17, 15) is 9.59 Å². The highest BCUT2D eigenvalue weighted by Gasteiger charge is 2.30. The van der Waals surface area contributed by atoms with Crippen LogP contribution in [0.1, 0.15) is 50.8 Å². The average molecular weight is 277 g/mol. The molecule has 20 heavy (non-hydrogen) atoms. The van der Waals surface area contributed by atoms with Crippen LogP contribution in [-0.4, -0.2) is 17.0 Å². The summed E-state index contributed by atoms with van der Waals surface area (Å²) in [4.78, 5) is 23.0. The lowest BCUT2D eigenvalue weighted by Crippen LogP contribution is -2.35. The molecule has 0 saturated heterocycles. The van der Waals surface area contributed by atoms with Crippen LogP contribution in [0.4, 0.5) is 0 Å². The fourth-order valence-electron chi connectivity index (χ4n) is 1.94. The number of rotatable bonds is 6. The molecule has 0 aliphatic rings. The van der Waals surface area contributed by atoms with Gasteiger partial charge < -0.3 is 10.4 Å². The van der Waals surface area contributed by atoms with Crippen molar-refractivity contribution < 1.29 is 14.7 Å². The zero-order chi connectivity index (χ0) is 15.3. The normalized spacial score (nSPS) is 12.8. The van der Waals surface area contributed by atoms with Crippen molar-refractivity contribution in [2.24, 2.45) is 5.41 Å². The van der Waals surface area contributed by atoms with Crippen LogP contribution in [0.2, 0.25) is 0 Å². The molecule has 4 nitrogen and oxygen atoms in total. The second kappa shape index (κ2) is 6.55. The fraction of sp³-hybridized carbons (Fsp3) is 0.500. The zero-order valence-electron chi connectivity index (χ0n) is 12.6. The van der Waals surface area contributed by atoms with Crippen molar-refractivity contribution in [3.63, 3.8) is 0 Å². The second-order valence-corrected chi connectivity index (χ2v) is 5.80. The summed E-state index contributed by atoms with van der Waals surface area (Å²) < 4.78 is 0. The molecule has 110 valence electrons. The van der Waals surface area contributed by atoms with Gasteiger partial charge in [0, 0.05) is 6.42 Å². The SMILES string of the molecule is CCC(NC(=O)CC(C)(C)C(=O)O)c1ccc(C)cc1. The molecular weight excluding hydrogens is 254 g/mol. The molecule has 0 fully saturated rings. The first kappa shape index (κ1) is 16.2. The van der Waals surface area contributed by atoms with E-state index in [1.165, 1.54) is 5.56 Å². The van der Waals surface area contributed by atoms with Crippen LogP contribution < -0.4 is 5.32 Å². The maximum Gasteiger partial charge on any atom is 0.309 e. The summed E-state index contributed by atoms with van der Waals surface area (Å²) in [5.41, 5.74) is 1.16. The van der Waals surface area contributed by atoms with Crippen molar-refractivity contribution in [2.45, 2.75) is 46.6 Å². The number of carbonyl (C=O) groups excluding carboxylic acids is 1. The maximum absolute atomic E-state index is 12.0. The predicted molar refractivity (Wildman–Crippen MR) is 78.4 cm³/mol. The minimum absolute atomic E-state index is 0.0231. The van der Waals surface area contributed by atoms with Crippen LogP contribution in [0.5, 0.6) is 0 Å². The van der Waals surface area contributed by atoms with Crippen LogP contribution in [0, 0.1) is 12.3 Å². The van der Waals surface area contributed by atoms with E-state index >= 15 is 0 Å². The van der Waals surface area contributed by atoms with E-state index in [1.807, 2.05) is 38.1 Å². The Morgan fingerprint density at radius 1 is 1.25 bits per heavy atom. The number of nitrogens with one attached hydrogen (secondary N) is 1. The Morgan fingerprint density at radius 3 is 2.25 bits per heavy atom. The Hall–Kier alpha value is -1.84. The zero-order valence-corrected chi connectivity index (χ0v) is 12.6. The summed E-state index contributed by atoms with van der Waals surface area (Å²) in [6.07, 6.45) is 0.743. The summed E-state index contributed by atoms with van der Waals surface area (Å²) in [5, 5.41) is 12.0. The molecule has 1 aromatic carbocycles. The van der Waals surface area contributed by atoms with Crippen LogP contribution in [0.15, 0.2) is 24.3 Å². The molecule has 1 amide bonds. The standard InChI is InChI=1S/C16H23NO3/c1-5-13(12-8-6-11(2)7-9-12)17-14(18)10-16(3,4)15(19)20/h6-9,13H,5,10H2,1-4H3,(H,17,18)(H,19,20). The van der Waals surface area contributed by atoms with Crippen LogP contribution >= 0.6 is 0 Å². The Morgan fingerprint density at radius 2 is 1.80 bits per heavy atom. The number of hydrogen-bond donors (Lipinski definition) is 2. The topological polar surface area (TPSA) is 66.4 Å². The van der Waals surface area contributed by atoms with Gasteiger partial charge in [0.25, 0.3) is 0 Å². The number of carboxylic acids is 1. The van der Waals surface area contributed by atoms with E-state index in [2.05, 4.69) is 5.32 Å². The smallest absolute Gasteiger partial charge is 0.309 e. The second-order valence-electron chi connectivity index (χ2n) is 5.80. The molecule has 1 aromatic rings. The first-order valence-electron chi connectivity index (χ1n) is 6.85. The molecule has 1 atom stereocenters. The quantitative estimate of drug-likeness (QED) is 0.839. The van der Waals surface area contributed by atoms with Gasteiger partial charge in [-0.2, -0.15) is 0 Å². The van der Waals surface area contributed by atoms with Crippen molar-refractivity contribution in [1.82, 2.24) is 5.32 Å². The van der Waals surface area contributed by atoms with Gasteiger partial charge in [-0.3, -0.25) is 9.59 Å². The van der Waals surface area contributed by atoms with Crippen molar-refractivity contribution >= 4 is 11.9 Å². The van der Waals surface area contributed by atoms with Gasteiger partial charge in [0.1, 0.15) is 0 Å². The Labute approximate surface area is 120 Å². The number of aliphatic carboxylic acids is 1. The van der Waals surface area contributed by atoms with E-state index < -0.39 is 11.4 Å². The van der Waals surface area contributed by atoms with E-state index in [-0.39, 0.29) is 18.4 Å². The molecule has 1 unspecified atom stereocenters. The molecule has 4 heteroatoms. The summed E-state index contributed by atoms with van der Waals surface area (Å²) in [6.45, 7) is 7.12. The van der Waals surface area contributed by atoms with E-state index in [0.29, 0.717) is 0 Å². The lowest BCUT2D eigenvalue weighted by molar-refractivity contribution is -0.149. The summed E-state index contributed by atoms with van der Waals surface area (Å²) in [5.74, 6) is -1.19. The van der Waals surface area contributed by atoms with Gasteiger partial charge in [-0.25, -0.2) is 0 Å². The first-order chi connectivity index (χ1) is 9.26. The molecule has 0 heterocycles. The fourth-order valence-corrected chi connectivity index (χ4v) is 1.94. The maximum atomic E-state index is 12.0. The van der Waals surface area contributed by atoms with Gasteiger partial charge in [0.15, 0.2) is 0 Å². The third-order valence-electron chi connectivity index (χ3n) is 3.40. The van der Waals surface area contributed by atoms with Crippen molar-refractivity contribution in [1.29, 1.82) is 0 Å². The van der Waals surface area contributed by atoms with Crippen molar-refractivity contribution in [2.75, 3.05) is 0 Å². The van der Waals surface area contributed by atoms with Gasteiger partial charge in [-0.15, -0.1) is 0 Å².